The summed E-state index contributed by atoms with van der Waals surface area (Å²) in [6.45, 7) is 4.90. The van der Waals surface area contributed by atoms with Gasteiger partial charge in [-0.05, 0) is 42.2 Å². The third-order valence-corrected chi connectivity index (χ3v) is 3.66. The second kappa shape index (κ2) is 8.36. The summed E-state index contributed by atoms with van der Waals surface area (Å²) in [6, 6.07) is 0. The molecule has 2 aliphatic rings. The molecule has 1 fully saturated rings. The Morgan fingerprint density at radius 3 is 2.75 bits per heavy atom. The van der Waals surface area contributed by atoms with E-state index in [4.69, 9.17) is 17.0 Å². The van der Waals surface area contributed by atoms with Crippen LogP contribution in [0.4, 0.5) is 0 Å². The minimum absolute atomic E-state index is 0. The fourth-order valence-corrected chi connectivity index (χ4v) is 2.58. The summed E-state index contributed by atoms with van der Waals surface area (Å²) in [5, 5.41) is 7.57. The topological polar surface area (TPSA) is 70.3 Å². The molecule has 2 N–H and O–H groups in total. The summed E-state index contributed by atoms with van der Waals surface area (Å²) in [4.78, 5) is 13.3. The van der Waals surface area contributed by atoms with Crippen molar-refractivity contribution >= 4 is 22.7 Å². The predicted octanol–water partition coefficient (Wildman–Crippen LogP) is -0.709. The molecule has 0 saturated carbocycles. The molecule has 0 radical (unpaired) electrons. The number of halogens is 1. The second-order valence-electron chi connectivity index (χ2n) is 4.52. The number of amides is 1. The van der Waals surface area contributed by atoms with Gasteiger partial charge in [-0.25, -0.2) is 0 Å². The van der Waals surface area contributed by atoms with Crippen LogP contribution in [0.5, 0.6) is 0 Å². The van der Waals surface area contributed by atoms with E-state index in [2.05, 4.69) is 17.4 Å². The maximum Gasteiger partial charge on any atom is 1.00 e. The second-order valence-corrected chi connectivity index (χ2v) is 4.90. The zero-order valence-corrected chi connectivity index (χ0v) is 15.4. The molecule has 0 aromatic heterocycles. The van der Waals surface area contributed by atoms with Crippen LogP contribution in [0.15, 0.2) is 36.2 Å². The summed E-state index contributed by atoms with van der Waals surface area (Å²) in [5.74, 6) is 0.271. The molecule has 5 nitrogen and oxygen atoms in total. The molecule has 0 aromatic rings. The van der Waals surface area contributed by atoms with Crippen LogP contribution in [0.1, 0.15) is 12.8 Å². The number of hydrogen-bond donors (Lipinski definition) is 2. The van der Waals surface area contributed by atoms with E-state index in [-0.39, 0.29) is 62.5 Å². The zero-order chi connectivity index (χ0) is 13.8. The Labute approximate surface area is 166 Å². The Balaban J connectivity index is 0.00000200. The van der Waals surface area contributed by atoms with Gasteiger partial charge in [0.05, 0.1) is 0 Å². The van der Waals surface area contributed by atoms with E-state index in [1.54, 1.807) is 17.3 Å². The predicted molar refractivity (Wildman–Crippen MR) is 75.7 cm³/mol. The van der Waals surface area contributed by atoms with Gasteiger partial charge in [0.1, 0.15) is 5.17 Å². The van der Waals surface area contributed by atoms with E-state index < -0.39 is 0 Å². The Hall–Kier alpha value is -0.114. The molecule has 0 atom stereocenters. The molecule has 7 heteroatoms. The SMILES string of the molecule is C=CC(=O)N1CCC(C2=CN[N-]C=C2C(=N)Cl)CC1.[K+]. The zero-order valence-electron chi connectivity index (χ0n) is 11.5. The van der Waals surface area contributed by atoms with Crippen molar-refractivity contribution in [2.24, 2.45) is 5.92 Å². The van der Waals surface area contributed by atoms with Gasteiger partial charge in [-0.15, -0.1) is 0 Å². The monoisotopic (exact) mass is 318 g/mol. The summed E-state index contributed by atoms with van der Waals surface area (Å²) in [7, 11) is 0. The molecule has 2 heterocycles. The molecule has 2 rings (SSSR count). The maximum absolute atomic E-state index is 11.5. The standard InChI is InChI=1S/C13H16ClN4O.K/c1-2-12(19)18-5-3-9(4-6-18)10-7-16-17-8-11(10)13(14)15;/h2,7-9,16H,1,3-6H2,(H-,15,17);/q-1;+1. The van der Waals surface area contributed by atoms with Gasteiger partial charge in [0, 0.05) is 13.1 Å². The average molecular weight is 319 g/mol. The van der Waals surface area contributed by atoms with Crippen LogP contribution in [0.25, 0.3) is 5.43 Å². The van der Waals surface area contributed by atoms with E-state index in [1.807, 2.05) is 0 Å². The third-order valence-electron chi connectivity index (χ3n) is 3.46. The summed E-state index contributed by atoms with van der Waals surface area (Å²) >= 11 is 5.78. The molecule has 0 aliphatic carbocycles. The average Bonchev–Trinajstić information content (AvgIpc) is 2.46. The van der Waals surface area contributed by atoms with Crippen LogP contribution in [0.2, 0.25) is 0 Å². The smallest absolute Gasteiger partial charge is 0.604 e. The van der Waals surface area contributed by atoms with Crippen molar-refractivity contribution < 1.29 is 56.2 Å². The minimum atomic E-state index is -0.0231. The van der Waals surface area contributed by atoms with Crippen LogP contribution in [0.3, 0.4) is 0 Å². The normalized spacial score (nSPS) is 18.8. The van der Waals surface area contributed by atoms with E-state index in [0.717, 1.165) is 18.4 Å². The first-order chi connectivity index (χ1) is 9.13. The summed E-state index contributed by atoms with van der Waals surface area (Å²) in [6.07, 6.45) is 6.43. The number of nitrogens with one attached hydrogen (secondary N) is 2. The van der Waals surface area contributed by atoms with Gasteiger partial charge in [0.2, 0.25) is 5.91 Å². The first-order valence-corrected chi connectivity index (χ1v) is 6.53. The molecular weight excluding hydrogens is 303 g/mol. The number of hydrogen-bond acceptors (Lipinski definition) is 3. The maximum atomic E-state index is 11.5. The molecule has 0 unspecified atom stereocenters. The molecule has 0 spiro atoms. The summed E-state index contributed by atoms with van der Waals surface area (Å²) < 4.78 is 0. The molecular formula is C13H16ClKN4O. The molecule has 0 bridgehead atoms. The molecule has 0 aromatic carbocycles. The van der Waals surface area contributed by atoms with Crippen LogP contribution in [-0.2, 0) is 4.79 Å². The fourth-order valence-electron chi connectivity index (χ4n) is 2.42. The Kier molecular flexibility index (Phi) is 7.50. The van der Waals surface area contributed by atoms with E-state index in [0.29, 0.717) is 24.6 Å². The van der Waals surface area contributed by atoms with Gasteiger partial charge in [-0.2, -0.15) is 6.20 Å². The van der Waals surface area contributed by atoms with Crippen molar-refractivity contribution in [3.8, 4) is 0 Å². The van der Waals surface area contributed by atoms with Gasteiger partial charge < -0.3 is 15.8 Å². The van der Waals surface area contributed by atoms with E-state index in [9.17, 15) is 4.79 Å². The van der Waals surface area contributed by atoms with E-state index in [1.165, 1.54) is 6.08 Å². The first kappa shape index (κ1) is 17.9. The Morgan fingerprint density at radius 1 is 1.55 bits per heavy atom. The first-order valence-electron chi connectivity index (χ1n) is 6.15. The van der Waals surface area contributed by atoms with Gasteiger partial charge in [0.15, 0.2) is 0 Å². The van der Waals surface area contributed by atoms with Crippen molar-refractivity contribution in [1.29, 1.82) is 5.41 Å². The van der Waals surface area contributed by atoms with Crippen LogP contribution < -0.4 is 56.8 Å². The van der Waals surface area contributed by atoms with Gasteiger partial charge in [0.25, 0.3) is 0 Å². The number of carbonyl (C=O) groups excluding carboxylic acids is 1. The number of likely N-dealkylation sites (tertiary alicyclic amines) is 1. The van der Waals surface area contributed by atoms with Crippen molar-refractivity contribution in [2.45, 2.75) is 12.8 Å². The van der Waals surface area contributed by atoms with Gasteiger partial charge >= 0.3 is 51.4 Å². The number of rotatable bonds is 3. The number of carbonyl (C=O) groups is 1. The van der Waals surface area contributed by atoms with E-state index >= 15 is 0 Å². The molecule has 2 aliphatic heterocycles. The fraction of sp³-hybridized carbons (Fsp3) is 0.385. The van der Waals surface area contributed by atoms with Crippen LogP contribution in [-0.4, -0.2) is 29.1 Å². The molecule has 20 heavy (non-hydrogen) atoms. The van der Waals surface area contributed by atoms with Crippen LogP contribution in [0, 0.1) is 11.3 Å². The minimum Gasteiger partial charge on any atom is -0.604 e. The number of nitrogens with zero attached hydrogens (tertiary/aromatic N) is 2. The number of piperidine rings is 1. The largest absolute Gasteiger partial charge is 1.00 e. The molecule has 1 saturated heterocycles. The van der Waals surface area contributed by atoms with Crippen LogP contribution >= 0.6 is 11.6 Å². The van der Waals surface area contributed by atoms with Crippen molar-refractivity contribution in [3.05, 3.63) is 41.6 Å². The van der Waals surface area contributed by atoms with Gasteiger partial charge in [-0.1, -0.05) is 18.2 Å². The van der Waals surface area contributed by atoms with Gasteiger partial charge in [-0.3, -0.25) is 10.2 Å². The van der Waals surface area contributed by atoms with Crippen molar-refractivity contribution in [1.82, 2.24) is 10.3 Å². The van der Waals surface area contributed by atoms with Crippen molar-refractivity contribution in [2.75, 3.05) is 13.1 Å². The van der Waals surface area contributed by atoms with Crippen molar-refractivity contribution in [3.63, 3.8) is 0 Å². The Bertz CT molecular complexity index is 467. The Morgan fingerprint density at radius 2 is 2.20 bits per heavy atom. The quantitative estimate of drug-likeness (QED) is 0.410. The molecule has 1 amide bonds. The molecule has 102 valence electrons. The number of allylic oxidation sites excluding steroid dienone is 2. The summed E-state index contributed by atoms with van der Waals surface area (Å²) in [5.41, 5.74) is 8.35. The third kappa shape index (κ3) is 4.19.